The predicted octanol–water partition coefficient (Wildman–Crippen LogP) is 3.72. The molecule has 16 heavy (non-hydrogen) atoms. The Balaban J connectivity index is 3.08. The molecule has 0 saturated heterocycles. The van der Waals surface area contributed by atoms with Gasteiger partial charge in [-0.05, 0) is 18.1 Å². The minimum absolute atomic E-state index is 0.0370. The molecular weight excluding hydrogens is 231 g/mol. The molecule has 0 N–H and O–H groups in total. The Hall–Kier alpha value is -1.09. The minimum atomic E-state index is -0.601. The number of ether oxygens (including phenoxy) is 1. The summed E-state index contributed by atoms with van der Waals surface area (Å²) >= 11 is 5.74. The van der Waals surface area contributed by atoms with E-state index in [1.807, 2.05) is 13.8 Å². The van der Waals surface area contributed by atoms with Gasteiger partial charge in [0.1, 0.15) is 11.6 Å². The number of hydrogen-bond donors (Lipinski definition) is 0. The number of benzene rings is 1. The van der Waals surface area contributed by atoms with Crippen LogP contribution in [0.1, 0.15) is 30.6 Å². The highest BCUT2D eigenvalue weighted by Crippen LogP contribution is 2.28. The molecule has 4 heteroatoms. The summed E-state index contributed by atoms with van der Waals surface area (Å²) in [6, 6.07) is 2.45. The van der Waals surface area contributed by atoms with E-state index in [-0.39, 0.29) is 22.3 Å². The van der Waals surface area contributed by atoms with Gasteiger partial charge in [0.05, 0.1) is 17.7 Å². The highest BCUT2D eigenvalue weighted by molar-refractivity contribution is 6.32. The van der Waals surface area contributed by atoms with Crippen molar-refractivity contribution >= 4 is 17.4 Å². The third-order valence-corrected chi connectivity index (χ3v) is 2.43. The quantitative estimate of drug-likeness (QED) is 0.755. The SMILES string of the molecule is COc1cc(C(=O)CC(C)C)c(F)cc1Cl. The topological polar surface area (TPSA) is 26.3 Å². The molecule has 0 radical (unpaired) electrons. The van der Waals surface area contributed by atoms with Crippen molar-refractivity contribution in [2.75, 3.05) is 7.11 Å². The Morgan fingerprint density at radius 1 is 1.50 bits per heavy atom. The average molecular weight is 245 g/mol. The maximum Gasteiger partial charge on any atom is 0.166 e. The van der Waals surface area contributed by atoms with E-state index in [0.29, 0.717) is 12.2 Å². The molecule has 0 heterocycles. The summed E-state index contributed by atoms with van der Waals surface area (Å²) in [6.07, 6.45) is 0.307. The molecule has 0 aliphatic carbocycles. The molecule has 1 rings (SSSR count). The smallest absolute Gasteiger partial charge is 0.166 e. The van der Waals surface area contributed by atoms with Crippen LogP contribution >= 0.6 is 11.6 Å². The van der Waals surface area contributed by atoms with Gasteiger partial charge in [0, 0.05) is 6.42 Å². The fourth-order valence-electron chi connectivity index (χ4n) is 1.38. The van der Waals surface area contributed by atoms with Crippen molar-refractivity contribution in [3.8, 4) is 5.75 Å². The number of carbonyl (C=O) groups is 1. The van der Waals surface area contributed by atoms with Crippen molar-refractivity contribution in [2.45, 2.75) is 20.3 Å². The number of hydrogen-bond acceptors (Lipinski definition) is 2. The van der Waals surface area contributed by atoms with E-state index in [2.05, 4.69) is 0 Å². The van der Waals surface area contributed by atoms with E-state index in [9.17, 15) is 9.18 Å². The monoisotopic (exact) mass is 244 g/mol. The highest BCUT2D eigenvalue weighted by atomic mass is 35.5. The summed E-state index contributed by atoms with van der Waals surface area (Å²) < 4.78 is 18.5. The van der Waals surface area contributed by atoms with E-state index in [4.69, 9.17) is 16.3 Å². The van der Waals surface area contributed by atoms with Gasteiger partial charge in [0.2, 0.25) is 0 Å². The molecule has 0 unspecified atom stereocenters. The molecule has 0 bridgehead atoms. The first-order valence-corrected chi connectivity index (χ1v) is 5.39. The van der Waals surface area contributed by atoms with E-state index in [0.717, 1.165) is 6.07 Å². The molecule has 0 aromatic heterocycles. The van der Waals surface area contributed by atoms with Crippen LogP contribution in [0.15, 0.2) is 12.1 Å². The summed E-state index contributed by atoms with van der Waals surface area (Å²) in [5, 5.41) is 0.168. The zero-order chi connectivity index (χ0) is 12.3. The molecule has 0 saturated carbocycles. The number of carbonyl (C=O) groups excluding carboxylic acids is 1. The van der Waals surface area contributed by atoms with Gasteiger partial charge in [-0.2, -0.15) is 0 Å². The normalized spacial score (nSPS) is 10.6. The third-order valence-electron chi connectivity index (χ3n) is 2.14. The summed E-state index contributed by atoms with van der Waals surface area (Å²) in [6.45, 7) is 3.81. The molecule has 2 nitrogen and oxygen atoms in total. The van der Waals surface area contributed by atoms with Crippen LogP contribution in [0, 0.1) is 11.7 Å². The number of rotatable bonds is 4. The van der Waals surface area contributed by atoms with Crippen LogP contribution in [-0.2, 0) is 0 Å². The van der Waals surface area contributed by atoms with Crippen LogP contribution in [-0.4, -0.2) is 12.9 Å². The number of halogens is 2. The van der Waals surface area contributed by atoms with Crippen molar-refractivity contribution in [2.24, 2.45) is 5.92 Å². The molecule has 0 atom stereocenters. The fraction of sp³-hybridized carbons (Fsp3) is 0.417. The van der Waals surface area contributed by atoms with Gasteiger partial charge in [-0.25, -0.2) is 4.39 Å². The molecule has 0 fully saturated rings. The van der Waals surface area contributed by atoms with E-state index < -0.39 is 5.82 Å². The zero-order valence-electron chi connectivity index (χ0n) is 9.51. The van der Waals surface area contributed by atoms with Gasteiger partial charge in [-0.15, -0.1) is 0 Å². The lowest BCUT2D eigenvalue weighted by Gasteiger charge is -2.08. The number of Topliss-reactive ketones (excluding diaryl/α,β-unsaturated/α-hetero) is 1. The predicted molar refractivity (Wildman–Crippen MR) is 61.7 cm³/mol. The van der Waals surface area contributed by atoms with Gasteiger partial charge >= 0.3 is 0 Å². The van der Waals surface area contributed by atoms with Gasteiger partial charge in [0.15, 0.2) is 5.78 Å². The molecular formula is C12H14ClFO2. The third kappa shape index (κ3) is 2.95. The Morgan fingerprint density at radius 3 is 2.62 bits per heavy atom. The second kappa shape index (κ2) is 5.30. The zero-order valence-corrected chi connectivity index (χ0v) is 10.3. The maximum absolute atomic E-state index is 13.5. The first kappa shape index (κ1) is 13.0. The Morgan fingerprint density at radius 2 is 2.12 bits per heavy atom. The van der Waals surface area contributed by atoms with Crippen LogP contribution in [0.2, 0.25) is 5.02 Å². The molecule has 1 aromatic rings. The maximum atomic E-state index is 13.5. The van der Waals surface area contributed by atoms with Gasteiger partial charge in [-0.3, -0.25) is 4.79 Å². The van der Waals surface area contributed by atoms with Gasteiger partial charge < -0.3 is 4.74 Å². The van der Waals surface area contributed by atoms with E-state index in [1.54, 1.807) is 0 Å². The standard InChI is InChI=1S/C12H14ClFO2/c1-7(2)4-11(15)8-5-12(16-3)9(13)6-10(8)14/h5-7H,4H2,1-3H3. The van der Waals surface area contributed by atoms with Crippen molar-refractivity contribution in [1.82, 2.24) is 0 Å². The van der Waals surface area contributed by atoms with Crippen molar-refractivity contribution in [1.29, 1.82) is 0 Å². The van der Waals surface area contributed by atoms with Crippen LogP contribution < -0.4 is 4.74 Å². The van der Waals surface area contributed by atoms with Crippen molar-refractivity contribution in [3.63, 3.8) is 0 Å². The van der Waals surface area contributed by atoms with Crippen molar-refractivity contribution < 1.29 is 13.9 Å². The molecule has 0 spiro atoms. The molecule has 0 aliphatic heterocycles. The number of methoxy groups -OCH3 is 1. The van der Waals surface area contributed by atoms with Crippen LogP contribution in [0.3, 0.4) is 0 Å². The second-order valence-electron chi connectivity index (χ2n) is 3.99. The second-order valence-corrected chi connectivity index (χ2v) is 4.39. The highest BCUT2D eigenvalue weighted by Gasteiger charge is 2.16. The van der Waals surface area contributed by atoms with E-state index >= 15 is 0 Å². The summed E-state index contributed by atoms with van der Waals surface area (Å²) in [7, 11) is 1.43. The van der Waals surface area contributed by atoms with Gasteiger partial charge in [0.25, 0.3) is 0 Å². The van der Waals surface area contributed by atoms with Crippen LogP contribution in [0.4, 0.5) is 4.39 Å². The Bertz CT molecular complexity index is 402. The van der Waals surface area contributed by atoms with Gasteiger partial charge in [-0.1, -0.05) is 25.4 Å². The number of ketones is 1. The molecule has 88 valence electrons. The van der Waals surface area contributed by atoms with Crippen LogP contribution in [0.5, 0.6) is 5.75 Å². The average Bonchev–Trinajstić information content (AvgIpc) is 2.16. The summed E-state index contributed by atoms with van der Waals surface area (Å²) in [5.74, 6) is -0.331. The summed E-state index contributed by atoms with van der Waals surface area (Å²) in [4.78, 5) is 11.7. The Labute approximate surface area is 99.4 Å². The van der Waals surface area contributed by atoms with Crippen molar-refractivity contribution in [3.05, 3.63) is 28.5 Å². The van der Waals surface area contributed by atoms with Crippen LogP contribution in [0.25, 0.3) is 0 Å². The molecule has 0 aliphatic rings. The minimum Gasteiger partial charge on any atom is -0.495 e. The first-order valence-electron chi connectivity index (χ1n) is 5.02. The summed E-state index contributed by atoms with van der Waals surface area (Å²) in [5.41, 5.74) is 0.0370. The lowest BCUT2D eigenvalue weighted by Crippen LogP contribution is -2.06. The largest absolute Gasteiger partial charge is 0.495 e. The lowest BCUT2D eigenvalue weighted by molar-refractivity contribution is 0.0963. The lowest BCUT2D eigenvalue weighted by atomic mass is 10.0. The first-order chi connectivity index (χ1) is 7.45. The molecule has 1 aromatic carbocycles. The molecule has 0 amide bonds. The Kier molecular flexibility index (Phi) is 4.30. The fourth-order valence-corrected chi connectivity index (χ4v) is 1.61. The van der Waals surface area contributed by atoms with E-state index in [1.165, 1.54) is 13.2 Å².